The molecule has 0 saturated carbocycles. The lowest BCUT2D eigenvalue weighted by atomic mass is 10.1. The predicted molar refractivity (Wildman–Crippen MR) is 59.2 cm³/mol. The van der Waals surface area contributed by atoms with E-state index in [-0.39, 0.29) is 5.56 Å². The number of carboxylic acid groups (broad SMARTS) is 1. The first-order chi connectivity index (χ1) is 7.54. The highest BCUT2D eigenvalue weighted by atomic mass is 16.5. The lowest BCUT2D eigenvalue weighted by Crippen LogP contribution is -1.99. The van der Waals surface area contributed by atoms with Crippen molar-refractivity contribution in [1.29, 1.82) is 0 Å². The Balaban J connectivity index is 2.94. The van der Waals surface area contributed by atoms with E-state index >= 15 is 0 Å². The fourth-order valence-corrected chi connectivity index (χ4v) is 1.26. The molecule has 16 heavy (non-hydrogen) atoms. The molecule has 0 aliphatic rings. The minimum atomic E-state index is -0.957. The van der Waals surface area contributed by atoms with Crippen LogP contribution < -0.4 is 0 Å². The van der Waals surface area contributed by atoms with Crippen molar-refractivity contribution in [3.63, 3.8) is 0 Å². The number of benzene rings is 1. The lowest BCUT2D eigenvalue weighted by Gasteiger charge is -2.01. The Labute approximate surface area is 93.2 Å². The molecule has 0 heterocycles. The standard InChI is InChI=1S/C12H12O4/c1-8-7-9(4-6-11(13)16-2)3-5-10(8)12(14)15/h3-7H,1-2H3,(H,14,15). The molecular formula is C12H12O4. The van der Waals surface area contributed by atoms with Gasteiger partial charge in [0.1, 0.15) is 0 Å². The van der Waals surface area contributed by atoms with Gasteiger partial charge in [-0.15, -0.1) is 0 Å². The Kier molecular flexibility index (Phi) is 3.83. The molecule has 0 spiro atoms. The van der Waals surface area contributed by atoms with E-state index in [1.807, 2.05) is 0 Å². The Hall–Kier alpha value is -2.10. The van der Waals surface area contributed by atoms with E-state index < -0.39 is 11.9 Å². The largest absolute Gasteiger partial charge is 0.478 e. The van der Waals surface area contributed by atoms with E-state index in [0.717, 1.165) is 5.56 Å². The number of ether oxygens (including phenoxy) is 1. The molecule has 4 nitrogen and oxygen atoms in total. The molecule has 1 aromatic carbocycles. The summed E-state index contributed by atoms with van der Waals surface area (Å²) in [5.74, 6) is -1.40. The number of aromatic carboxylic acids is 1. The molecule has 4 heteroatoms. The van der Waals surface area contributed by atoms with Gasteiger partial charge < -0.3 is 9.84 Å². The van der Waals surface area contributed by atoms with Gasteiger partial charge in [-0.05, 0) is 30.2 Å². The molecular weight excluding hydrogens is 208 g/mol. The third-order valence-corrected chi connectivity index (χ3v) is 2.09. The number of esters is 1. The van der Waals surface area contributed by atoms with Gasteiger partial charge in [0.25, 0.3) is 0 Å². The first-order valence-electron chi connectivity index (χ1n) is 4.64. The molecule has 1 N–H and O–H groups in total. The van der Waals surface area contributed by atoms with E-state index in [9.17, 15) is 9.59 Å². The molecule has 0 atom stereocenters. The molecule has 0 fully saturated rings. The Morgan fingerprint density at radius 1 is 1.38 bits per heavy atom. The predicted octanol–water partition coefficient (Wildman–Crippen LogP) is 1.88. The molecule has 0 aliphatic heterocycles. The van der Waals surface area contributed by atoms with E-state index in [2.05, 4.69) is 4.74 Å². The molecule has 0 bridgehead atoms. The highest BCUT2D eigenvalue weighted by molar-refractivity contribution is 5.90. The molecule has 1 aromatic rings. The number of rotatable bonds is 3. The second-order valence-electron chi connectivity index (χ2n) is 3.24. The van der Waals surface area contributed by atoms with Gasteiger partial charge in [-0.1, -0.05) is 12.1 Å². The van der Waals surface area contributed by atoms with Crippen LogP contribution in [0.5, 0.6) is 0 Å². The lowest BCUT2D eigenvalue weighted by molar-refractivity contribution is -0.134. The van der Waals surface area contributed by atoms with Crippen molar-refractivity contribution in [3.8, 4) is 0 Å². The van der Waals surface area contributed by atoms with Gasteiger partial charge in [-0.2, -0.15) is 0 Å². The number of hydrogen-bond acceptors (Lipinski definition) is 3. The van der Waals surface area contributed by atoms with Crippen LogP contribution >= 0.6 is 0 Å². The van der Waals surface area contributed by atoms with Crippen LogP contribution in [0.1, 0.15) is 21.5 Å². The second kappa shape index (κ2) is 5.11. The summed E-state index contributed by atoms with van der Waals surface area (Å²) in [4.78, 5) is 21.6. The number of hydrogen-bond donors (Lipinski definition) is 1. The van der Waals surface area contributed by atoms with Crippen molar-refractivity contribution in [2.24, 2.45) is 0 Å². The molecule has 0 amide bonds. The molecule has 0 radical (unpaired) electrons. The fourth-order valence-electron chi connectivity index (χ4n) is 1.26. The van der Waals surface area contributed by atoms with Crippen LogP contribution in [0.15, 0.2) is 24.3 Å². The average Bonchev–Trinajstić information content (AvgIpc) is 2.25. The van der Waals surface area contributed by atoms with Crippen molar-refractivity contribution < 1.29 is 19.4 Å². The summed E-state index contributed by atoms with van der Waals surface area (Å²) in [7, 11) is 1.30. The van der Waals surface area contributed by atoms with Gasteiger partial charge in [0.05, 0.1) is 12.7 Å². The maximum atomic E-state index is 10.8. The van der Waals surface area contributed by atoms with Crippen molar-refractivity contribution in [2.45, 2.75) is 6.92 Å². The van der Waals surface area contributed by atoms with Gasteiger partial charge in [-0.3, -0.25) is 0 Å². The van der Waals surface area contributed by atoms with E-state index in [4.69, 9.17) is 5.11 Å². The highest BCUT2D eigenvalue weighted by Gasteiger charge is 2.05. The summed E-state index contributed by atoms with van der Waals surface area (Å²) >= 11 is 0. The Morgan fingerprint density at radius 3 is 2.56 bits per heavy atom. The van der Waals surface area contributed by atoms with Gasteiger partial charge in [0.2, 0.25) is 0 Å². The molecule has 0 saturated heterocycles. The third-order valence-electron chi connectivity index (χ3n) is 2.09. The topological polar surface area (TPSA) is 63.6 Å². The van der Waals surface area contributed by atoms with E-state index in [1.54, 1.807) is 25.1 Å². The van der Waals surface area contributed by atoms with Crippen LogP contribution in [0.3, 0.4) is 0 Å². The molecule has 1 rings (SSSR count). The summed E-state index contributed by atoms with van der Waals surface area (Å²) in [6, 6.07) is 4.84. The zero-order valence-electron chi connectivity index (χ0n) is 9.06. The maximum Gasteiger partial charge on any atom is 0.335 e. The van der Waals surface area contributed by atoms with Crippen LogP contribution in [0.25, 0.3) is 6.08 Å². The first-order valence-corrected chi connectivity index (χ1v) is 4.64. The summed E-state index contributed by atoms with van der Waals surface area (Å²) < 4.78 is 4.44. The normalized spacial score (nSPS) is 10.4. The van der Waals surface area contributed by atoms with Crippen LogP contribution in [0.2, 0.25) is 0 Å². The molecule has 84 valence electrons. The van der Waals surface area contributed by atoms with E-state index in [0.29, 0.717) is 5.56 Å². The van der Waals surface area contributed by atoms with Gasteiger partial charge in [0.15, 0.2) is 0 Å². The summed E-state index contributed by atoms with van der Waals surface area (Å²) in [6.07, 6.45) is 2.86. The van der Waals surface area contributed by atoms with Crippen molar-refractivity contribution in [2.75, 3.05) is 7.11 Å². The summed E-state index contributed by atoms with van der Waals surface area (Å²) in [5.41, 5.74) is 1.67. The SMILES string of the molecule is COC(=O)C=Cc1ccc(C(=O)O)c(C)c1. The minimum absolute atomic E-state index is 0.259. The molecule has 0 aromatic heterocycles. The van der Waals surface area contributed by atoms with Crippen LogP contribution in [0, 0.1) is 6.92 Å². The minimum Gasteiger partial charge on any atom is -0.478 e. The van der Waals surface area contributed by atoms with Crippen molar-refractivity contribution >= 4 is 18.0 Å². The number of carbonyl (C=O) groups excluding carboxylic acids is 1. The fraction of sp³-hybridized carbons (Fsp3) is 0.167. The van der Waals surface area contributed by atoms with E-state index in [1.165, 1.54) is 19.3 Å². The van der Waals surface area contributed by atoms with Crippen LogP contribution in [-0.4, -0.2) is 24.2 Å². The van der Waals surface area contributed by atoms with Gasteiger partial charge >= 0.3 is 11.9 Å². The van der Waals surface area contributed by atoms with Crippen molar-refractivity contribution in [3.05, 3.63) is 41.0 Å². The molecule has 0 unspecified atom stereocenters. The van der Waals surface area contributed by atoms with Crippen LogP contribution in [-0.2, 0) is 9.53 Å². The maximum absolute atomic E-state index is 10.8. The number of carboxylic acids is 1. The number of methoxy groups -OCH3 is 1. The Bertz CT molecular complexity index is 446. The van der Waals surface area contributed by atoms with Gasteiger partial charge in [-0.25, -0.2) is 9.59 Å². The highest BCUT2D eigenvalue weighted by Crippen LogP contribution is 2.12. The summed E-state index contributed by atoms with van der Waals surface area (Å²) in [5, 5.41) is 8.82. The molecule has 0 aliphatic carbocycles. The number of aryl methyl sites for hydroxylation is 1. The third kappa shape index (κ3) is 2.95. The quantitative estimate of drug-likeness (QED) is 0.624. The monoisotopic (exact) mass is 220 g/mol. The first kappa shape index (κ1) is 12.0. The Morgan fingerprint density at radius 2 is 2.06 bits per heavy atom. The average molecular weight is 220 g/mol. The number of carbonyl (C=O) groups is 2. The zero-order chi connectivity index (χ0) is 12.1. The second-order valence-corrected chi connectivity index (χ2v) is 3.24. The smallest absolute Gasteiger partial charge is 0.335 e. The van der Waals surface area contributed by atoms with Crippen LogP contribution in [0.4, 0.5) is 0 Å². The van der Waals surface area contributed by atoms with Crippen molar-refractivity contribution in [1.82, 2.24) is 0 Å². The zero-order valence-corrected chi connectivity index (χ0v) is 9.06. The summed E-state index contributed by atoms with van der Waals surface area (Å²) in [6.45, 7) is 1.71. The van der Waals surface area contributed by atoms with Gasteiger partial charge in [0, 0.05) is 6.08 Å².